The molecule has 0 amide bonds. The van der Waals surface area contributed by atoms with E-state index in [1.807, 2.05) is 0 Å². The molecule has 104 valence electrons. The molecular formula is C14H17BrFNO2. The fourth-order valence-electron chi connectivity index (χ4n) is 2.44. The molecule has 1 aromatic rings. The number of Topliss-reactive ketones (excluding diaryl/α,β-unsaturated/α-hetero) is 1. The first-order valence-electron chi connectivity index (χ1n) is 6.32. The highest BCUT2D eigenvalue weighted by Crippen LogP contribution is 2.32. The summed E-state index contributed by atoms with van der Waals surface area (Å²) in [5.41, 5.74) is 5.97. The van der Waals surface area contributed by atoms with Crippen LogP contribution in [0.15, 0.2) is 22.7 Å². The Bertz CT molecular complexity index is 452. The molecule has 0 unspecified atom stereocenters. The normalized spacial score (nSPS) is 18.3. The van der Waals surface area contributed by atoms with E-state index >= 15 is 0 Å². The number of benzene rings is 1. The fourth-order valence-corrected chi connectivity index (χ4v) is 2.96. The van der Waals surface area contributed by atoms with Gasteiger partial charge >= 0.3 is 0 Å². The minimum atomic E-state index is -0.503. The van der Waals surface area contributed by atoms with Crippen LogP contribution in [0.3, 0.4) is 0 Å². The molecule has 0 bridgehead atoms. The van der Waals surface area contributed by atoms with Crippen LogP contribution in [0.1, 0.15) is 18.4 Å². The molecule has 3 nitrogen and oxygen atoms in total. The average molecular weight is 330 g/mol. The number of carbonyl (C=O) groups is 1. The first kappa shape index (κ1) is 14.6. The van der Waals surface area contributed by atoms with Crippen molar-refractivity contribution in [3.8, 4) is 0 Å². The van der Waals surface area contributed by atoms with Crippen molar-refractivity contribution < 1.29 is 13.9 Å². The van der Waals surface area contributed by atoms with Crippen LogP contribution in [0.2, 0.25) is 0 Å². The van der Waals surface area contributed by atoms with E-state index in [9.17, 15) is 9.18 Å². The Morgan fingerprint density at radius 3 is 2.63 bits per heavy atom. The van der Waals surface area contributed by atoms with Crippen molar-refractivity contribution in [3.05, 3.63) is 34.1 Å². The molecule has 1 saturated heterocycles. The van der Waals surface area contributed by atoms with Crippen molar-refractivity contribution in [1.29, 1.82) is 0 Å². The standard InChI is InChI=1S/C14H17BrFNO2/c15-11-5-10(6-12(16)8-11)7-13(18)14(9-17)1-3-19-4-2-14/h5-6,8H,1-4,7,9,17H2. The van der Waals surface area contributed by atoms with Crippen molar-refractivity contribution in [2.24, 2.45) is 11.1 Å². The number of hydrogen-bond acceptors (Lipinski definition) is 3. The summed E-state index contributed by atoms with van der Waals surface area (Å²) in [5, 5.41) is 0. The smallest absolute Gasteiger partial charge is 0.144 e. The maximum atomic E-state index is 13.3. The first-order chi connectivity index (χ1) is 9.05. The largest absolute Gasteiger partial charge is 0.381 e. The second-order valence-corrected chi connectivity index (χ2v) is 5.89. The van der Waals surface area contributed by atoms with Gasteiger partial charge in [-0.25, -0.2) is 4.39 Å². The second kappa shape index (κ2) is 6.11. The van der Waals surface area contributed by atoms with E-state index < -0.39 is 5.41 Å². The molecule has 0 atom stereocenters. The van der Waals surface area contributed by atoms with Crippen LogP contribution in [-0.2, 0) is 16.0 Å². The lowest BCUT2D eigenvalue weighted by molar-refractivity contribution is -0.132. The van der Waals surface area contributed by atoms with Crippen LogP contribution in [0.5, 0.6) is 0 Å². The summed E-state index contributed by atoms with van der Waals surface area (Å²) in [7, 11) is 0. The van der Waals surface area contributed by atoms with E-state index in [1.54, 1.807) is 6.07 Å². The number of nitrogens with two attached hydrogens (primary N) is 1. The summed E-state index contributed by atoms with van der Waals surface area (Å²) in [6.45, 7) is 1.46. The Balaban J connectivity index is 2.14. The van der Waals surface area contributed by atoms with E-state index in [2.05, 4.69) is 15.9 Å². The minimum absolute atomic E-state index is 0.0794. The number of halogens is 2. The first-order valence-corrected chi connectivity index (χ1v) is 7.11. The van der Waals surface area contributed by atoms with Crippen LogP contribution < -0.4 is 5.73 Å². The summed E-state index contributed by atoms with van der Waals surface area (Å²) in [6.07, 6.45) is 1.52. The zero-order chi connectivity index (χ0) is 13.9. The Morgan fingerprint density at radius 1 is 1.37 bits per heavy atom. The molecule has 2 rings (SSSR count). The quantitative estimate of drug-likeness (QED) is 0.923. The average Bonchev–Trinajstić information content (AvgIpc) is 2.38. The maximum absolute atomic E-state index is 13.3. The number of carbonyl (C=O) groups excluding carboxylic acids is 1. The Labute approximate surface area is 120 Å². The zero-order valence-electron chi connectivity index (χ0n) is 10.6. The lowest BCUT2D eigenvalue weighted by Crippen LogP contribution is -2.44. The van der Waals surface area contributed by atoms with Gasteiger partial charge in [-0.15, -0.1) is 0 Å². The predicted octanol–water partition coefficient (Wildman–Crippen LogP) is 2.46. The molecule has 0 saturated carbocycles. The lowest BCUT2D eigenvalue weighted by atomic mass is 9.74. The van der Waals surface area contributed by atoms with Crippen molar-refractivity contribution >= 4 is 21.7 Å². The van der Waals surface area contributed by atoms with Gasteiger partial charge in [-0.05, 0) is 36.6 Å². The van der Waals surface area contributed by atoms with E-state index in [4.69, 9.17) is 10.5 Å². The highest BCUT2D eigenvalue weighted by molar-refractivity contribution is 9.10. The Kier molecular flexibility index (Phi) is 4.71. The third-order valence-corrected chi connectivity index (χ3v) is 4.18. The molecule has 1 aliphatic heterocycles. The molecule has 1 heterocycles. The van der Waals surface area contributed by atoms with Gasteiger partial charge in [0.05, 0.1) is 0 Å². The van der Waals surface area contributed by atoms with E-state index in [-0.39, 0.29) is 18.0 Å². The molecule has 0 aromatic heterocycles. The molecule has 0 spiro atoms. The van der Waals surface area contributed by atoms with E-state index in [1.165, 1.54) is 12.1 Å². The number of ketones is 1. The summed E-state index contributed by atoms with van der Waals surface area (Å²) < 4.78 is 19.2. The molecule has 0 aliphatic carbocycles. The number of hydrogen-bond donors (Lipinski definition) is 1. The summed E-state index contributed by atoms with van der Waals surface area (Å²) >= 11 is 3.23. The van der Waals surface area contributed by atoms with Crippen molar-refractivity contribution in [2.45, 2.75) is 19.3 Å². The Morgan fingerprint density at radius 2 is 2.05 bits per heavy atom. The van der Waals surface area contributed by atoms with Gasteiger partial charge in [0.1, 0.15) is 11.6 Å². The van der Waals surface area contributed by atoms with Crippen molar-refractivity contribution in [3.63, 3.8) is 0 Å². The van der Waals surface area contributed by atoms with Gasteiger partial charge in [-0.2, -0.15) is 0 Å². The maximum Gasteiger partial charge on any atom is 0.144 e. The Hall–Kier alpha value is -0.780. The molecule has 1 fully saturated rings. The topological polar surface area (TPSA) is 52.3 Å². The minimum Gasteiger partial charge on any atom is -0.381 e. The predicted molar refractivity (Wildman–Crippen MR) is 74.4 cm³/mol. The monoisotopic (exact) mass is 329 g/mol. The highest BCUT2D eigenvalue weighted by atomic mass is 79.9. The van der Waals surface area contributed by atoms with Crippen LogP contribution in [0.25, 0.3) is 0 Å². The zero-order valence-corrected chi connectivity index (χ0v) is 12.2. The molecule has 1 aromatic carbocycles. The number of rotatable bonds is 4. The van der Waals surface area contributed by atoms with Gasteiger partial charge in [-0.1, -0.05) is 15.9 Å². The summed E-state index contributed by atoms with van der Waals surface area (Å²) in [5.74, 6) is -0.262. The summed E-state index contributed by atoms with van der Waals surface area (Å²) in [4.78, 5) is 12.5. The fraction of sp³-hybridized carbons (Fsp3) is 0.500. The molecule has 0 radical (unpaired) electrons. The van der Waals surface area contributed by atoms with Crippen LogP contribution >= 0.6 is 15.9 Å². The van der Waals surface area contributed by atoms with Gasteiger partial charge in [0.2, 0.25) is 0 Å². The molecule has 5 heteroatoms. The summed E-state index contributed by atoms with van der Waals surface area (Å²) in [6, 6.07) is 4.54. The van der Waals surface area contributed by atoms with Gasteiger partial charge in [-0.3, -0.25) is 4.79 Å². The number of ether oxygens (including phenoxy) is 1. The third kappa shape index (κ3) is 3.41. The van der Waals surface area contributed by atoms with Gasteiger partial charge in [0.25, 0.3) is 0 Å². The van der Waals surface area contributed by atoms with E-state index in [0.717, 1.165) is 0 Å². The van der Waals surface area contributed by atoms with Gasteiger partial charge < -0.3 is 10.5 Å². The molecular weight excluding hydrogens is 313 g/mol. The van der Waals surface area contributed by atoms with Gasteiger partial charge in [0.15, 0.2) is 0 Å². The van der Waals surface area contributed by atoms with Crippen molar-refractivity contribution in [2.75, 3.05) is 19.8 Å². The van der Waals surface area contributed by atoms with E-state index in [0.29, 0.717) is 42.6 Å². The molecule has 2 N–H and O–H groups in total. The lowest BCUT2D eigenvalue weighted by Gasteiger charge is -2.34. The van der Waals surface area contributed by atoms with Crippen molar-refractivity contribution in [1.82, 2.24) is 0 Å². The van der Waals surface area contributed by atoms with Crippen LogP contribution in [0, 0.1) is 11.2 Å². The molecule has 19 heavy (non-hydrogen) atoms. The highest BCUT2D eigenvalue weighted by Gasteiger charge is 2.38. The SMILES string of the molecule is NCC1(C(=O)Cc2cc(F)cc(Br)c2)CCOCC1. The van der Waals surface area contributed by atoms with Crippen LogP contribution in [-0.4, -0.2) is 25.5 Å². The molecule has 1 aliphatic rings. The third-order valence-electron chi connectivity index (χ3n) is 3.72. The second-order valence-electron chi connectivity index (χ2n) is 4.97. The van der Waals surface area contributed by atoms with Crippen LogP contribution in [0.4, 0.5) is 4.39 Å². The van der Waals surface area contributed by atoms with Gasteiger partial charge in [0, 0.05) is 36.1 Å².